The smallest absolute Gasteiger partial charge is 0.145 e. The van der Waals surface area contributed by atoms with Gasteiger partial charge in [0.2, 0.25) is 0 Å². The van der Waals surface area contributed by atoms with E-state index in [0.717, 1.165) is 56.4 Å². The van der Waals surface area contributed by atoms with Gasteiger partial charge in [-0.1, -0.05) is 23.7 Å². The molecule has 4 atom stereocenters. The Hall–Kier alpha value is -1.52. The summed E-state index contributed by atoms with van der Waals surface area (Å²) in [5.41, 5.74) is 1.33. The molecule has 0 bridgehead atoms. The molecule has 2 aromatic carbocycles. The summed E-state index contributed by atoms with van der Waals surface area (Å²) in [6, 6.07) is 7.22. The van der Waals surface area contributed by atoms with Crippen LogP contribution in [-0.4, -0.2) is 12.7 Å². The van der Waals surface area contributed by atoms with Gasteiger partial charge in [-0.3, -0.25) is 0 Å². The van der Waals surface area contributed by atoms with Crippen LogP contribution in [0.5, 0.6) is 0 Å². The average Bonchev–Trinajstić information content (AvgIpc) is 2.71. The van der Waals surface area contributed by atoms with Crippen LogP contribution in [0.4, 0.5) is 13.2 Å². The maximum absolute atomic E-state index is 14.8. The lowest BCUT2D eigenvalue weighted by molar-refractivity contribution is -0.00956. The molecule has 5 heteroatoms. The summed E-state index contributed by atoms with van der Waals surface area (Å²) in [5.74, 6) is -0.501. The lowest BCUT2D eigenvalue weighted by Gasteiger charge is -2.42. The van der Waals surface area contributed by atoms with Crippen molar-refractivity contribution in [3.8, 4) is 11.1 Å². The third-order valence-electron chi connectivity index (χ3n) is 6.73. The molecule has 2 aliphatic carbocycles. The van der Waals surface area contributed by atoms with Gasteiger partial charge in [0.1, 0.15) is 22.5 Å². The summed E-state index contributed by atoms with van der Waals surface area (Å²) in [6.45, 7) is 2.83. The van der Waals surface area contributed by atoms with Crippen LogP contribution in [0.25, 0.3) is 11.1 Å². The Morgan fingerprint density at radius 1 is 0.897 bits per heavy atom. The molecular weight excluding hydrogens is 397 g/mol. The van der Waals surface area contributed by atoms with Crippen molar-refractivity contribution in [1.29, 1.82) is 0 Å². The third-order valence-corrected chi connectivity index (χ3v) is 7.09. The van der Waals surface area contributed by atoms with Crippen molar-refractivity contribution < 1.29 is 17.9 Å². The maximum Gasteiger partial charge on any atom is 0.145 e. The van der Waals surface area contributed by atoms with Gasteiger partial charge in [-0.2, -0.15) is 0 Å². The number of fused-ring (bicyclic) bond motifs is 1. The number of halogens is 4. The van der Waals surface area contributed by atoms with Crippen LogP contribution in [0.2, 0.25) is 5.02 Å². The van der Waals surface area contributed by atoms with Gasteiger partial charge in [-0.25, -0.2) is 13.2 Å². The zero-order chi connectivity index (χ0) is 20.5. The van der Waals surface area contributed by atoms with E-state index in [9.17, 15) is 13.2 Å². The first-order valence-electron chi connectivity index (χ1n) is 10.5. The monoisotopic (exact) mass is 422 g/mol. The fraction of sp³-hybridized carbons (Fsp3) is 0.500. The highest BCUT2D eigenvalue weighted by Crippen LogP contribution is 2.47. The Morgan fingerprint density at radius 3 is 2.28 bits per heavy atom. The van der Waals surface area contributed by atoms with Crippen LogP contribution in [-0.2, 0) is 4.74 Å². The van der Waals surface area contributed by atoms with Crippen LogP contribution >= 0.6 is 11.6 Å². The standard InChI is InChI=1S/C24H26ClF3O/c1-2-29-19-7-5-15-9-14(3-4-16(15)10-19)17-6-8-20(21(26)11-17)18-12-22(27)24(25)23(28)13-18/h6,8,11-16,19H,2-5,7,9-10H2,1H3. The fourth-order valence-corrected chi connectivity index (χ4v) is 5.38. The summed E-state index contributed by atoms with van der Waals surface area (Å²) >= 11 is 5.53. The normalized spacial score (nSPS) is 26.9. The van der Waals surface area contributed by atoms with Crippen molar-refractivity contribution in [1.82, 2.24) is 0 Å². The molecule has 156 valence electrons. The molecule has 2 aromatic rings. The summed E-state index contributed by atoms with van der Waals surface area (Å²) in [7, 11) is 0. The van der Waals surface area contributed by atoms with Gasteiger partial charge in [0, 0.05) is 12.2 Å². The lowest BCUT2D eigenvalue weighted by Crippen LogP contribution is -2.33. The summed E-state index contributed by atoms with van der Waals surface area (Å²) in [6.07, 6.45) is 7.10. The van der Waals surface area contributed by atoms with E-state index in [1.807, 2.05) is 13.0 Å². The average molecular weight is 423 g/mol. The zero-order valence-corrected chi connectivity index (χ0v) is 17.3. The molecule has 0 amide bonds. The zero-order valence-electron chi connectivity index (χ0n) is 16.6. The molecule has 0 saturated heterocycles. The summed E-state index contributed by atoms with van der Waals surface area (Å²) < 4.78 is 48.2. The van der Waals surface area contributed by atoms with Gasteiger partial charge >= 0.3 is 0 Å². The van der Waals surface area contributed by atoms with Crippen molar-refractivity contribution in [2.45, 2.75) is 57.5 Å². The highest BCUT2D eigenvalue weighted by Gasteiger charge is 2.36. The maximum atomic E-state index is 14.8. The van der Waals surface area contributed by atoms with Crippen LogP contribution in [0, 0.1) is 29.3 Å². The van der Waals surface area contributed by atoms with Crippen molar-refractivity contribution in [3.63, 3.8) is 0 Å². The Bertz CT molecular complexity index is 861. The number of ether oxygens (including phenoxy) is 1. The van der Waals surface area contributed by atoms with Crippen LogP contribution in [0.3, 0.4) is 0 Å². The van der Waals surface area contributed by atoms with Gasteiger partial charge in [0.05, 0.1) is 6.10 Å². The van der Waals surface area contributed by atoms with E-state index in [0.29, 0.717) is 23.9 Å². The molecule has 0 heterocycles. The molecule has 29 heavy (non-hydrogen) atoms. The molecule has 0 radical (unpaired) electrons. The van der Waals surface area contributed by atoms with E-state index in [-0.39, 0.29) is 11.1 Å². The van der Waals surface area contributed by atoms with Crippen LogP contribution in [0.15, 0.2) is 30.3 Å². The SMILES string of the molecule is CCOC1CCC2CC(c3ccc(-c4cc(F)c(Cl)c(F)c4)c(F)c3)CCC2C1. The Kier molecular flexibility index (Phi) is 6.21. The minimum absolute atomic E-state index is 0.159. The quantitative estimate of drug-likeness (QED) is 0.463. The van der Waals surface area contributed by atoms with E-state index in [1.165, 1.54) is 12.5 Å². The minimum atomic E-state index is -0.883. The van der Waals surface area contributed by atoms with Gasteiger partial charge < -0.3 is 4.74 Å². The second kappa shape index (κ2) is 8.69. The largest absolute Gasteiger partial charge is 0.378 e. The van der Waals surface area contributed by atoms with Gasteiger partial charge in [-0.05, 0) is 92.5 Å². The van der Waals surface area contributed by atoms with Gasteiger partial charge in [0.25, 0.3) is 0 Å². The second-order valence-corrected chi connectivity index (χ2v) is 8.79. The van der Waals surface area contributed by atoms with Crippen molar-refractivity contribution >= 4 is 11.6 Å². The van der Waals surface area contributed by atoms with Crippen molar-refractivity contribution in [2.75, 3.05) is 6.61 Å². The first-order chi connectivity index (χ1) is 14.0. The van der Waals surface area contributed by atoms with Crippen LogP contribution in [0.1, 0.15) is 56.9 Å². The number of benzene rings is 2. The first-order valence-corrected chi connectivity index (χ1v) is 10.9. The van der Waals surface area contributed by atoms with Gasteiger partial charge in [-0.15, -0.1) is 0 Å². The lowest BCUT2D eigenvalue weighted by atomic mass is 9.65. The minimum Gasteiger partial charge on any atom is -0.378 e. The highest BCUT2D eigenvalue weighted by atomic mass is 35.5. The molecule has 0 spiro atoms. The van der Waals surface area contributed by atoms with Crippen LogP contribution < -0.4 is 0 Å². The van der Waals surface area contributed by atoms with E-state index in [1.54, 1.807) is 6.07 Å². The van der Waals surface area contributed by atoms with E-state index in [4.69, 9.17) is 16.3 Å². The first kappa shape index (κ1) is 20.7. The molecule has 4 unspecified atom stereocenters. The molecule has 2 fully saturated rings. The van der Waals surface area contributed by atoms with E-state index >= 15 is 0 Å². The molecule has 0 aliphatic heterocycles. The molecule has 2 saturated carbocycles. The van der Waals surface area contributed by atoms with E-state index < -0.39 is 22.5 Å². The topological polar surface area (TPSA) is 9.23 Å². The fourth-order valence-electron chi connectivity index (χ4n) is 5.27. The number of hydrogen-bond acceptors (Lipinski definition) is 1. The Labute approximate surface area is 175 Å². The molecule has 1 nitrogen and oxygen atoms in total. The van der Waals surface area contributed by atoms with E-state index in [2.05, 4.69) is 0 Å². The molecule has 2 aliphatic rings. The van der Waals surface area contributed by atoms with Crippen molar-refractivity contribution in [3.05, 3.63) is 58.4 Å². The molecule has 0 aromatic heterocycles. The summed E-state index contributed by atoms with van der Waals surface area (Å²) in [5, 5.41) is -0.568. The Balaban J connectivity index is 1.49. The predicted molar refractivity (Wildman–Crippen MR) is 110 cm³/mol. The number of rotatable bonds is 4. The number of hydrogen-bond donors (Lipinski definition) is 0. The Morgan fingerprint density at radius 2 is 1.59 bits per heavy atom. The van der Waals surface area contributed by atoms with Crippen molar-refractivity contribution in [2.24, 2.45) is 11.8 Å². The predicted octanol–water partition coefficient (Wildman–Crippen LogP) is 7.51. The highest BCUT2D eigenvalue weighted by molar-refractivity contribution is 6.31. The molecule has 0 N–H and O–H groups in total. The second-order valence-electron chi connectivity index (χ2n) is 8.41. The third kappa shape index (κ3) is 4.34. The van der Waals surface area contributed by atoms with Gasteiger partial charge in [0.15, 0.2) is 0 Å². The summed E-state index contributed by atoms with van der Waals surface area (Å²) in [4.78, 5) is 0. The molecule has 4 rings (SSSR count). The molecular formula is C24H26ClF3O.